The number of piperidine rings is 1. The van der Waals surface area contributed by atoms with Crippen LogP contribution in [0.3, 0.4) is 0 Å². The van der Waals surface area contributed by atoms with Crippen molar-refractivity contribution in [3.05, 3.63) is 82.6 Å². The van der Waals surface area contributed by atoms with Crippen LogP contribution in [0.2, 0.25) is 5.02 Å². The lowest BCUT2D eigenvalue weighted by atomic mass is 9.88. The van der Waals surface area contributed by atoms with Crippen LogP contribution in [0.4, 0.5) is 4.39 Å². The summed E-state index contributed by atoms with van der Waals surface area (Å²) in [4.78, 5) is 28.0. The first-order valence-electron chi connectivity index (χ1n) is 11.7. The Kier molecular flexibility index (Phi) is 8.20. The Hall–Kier alpha value is -2.65. The maximum Gasteiger partial charge on any atom is 0.265 e. The van der Waals surface area contributed by atoms with E-state index in [9.17, 15) is 22.4 Å². The number of ketones is 2. The number of likely N-dealkylation sites (tertiary alicyclic amines) is 1. The van der Waals surface area contributed by atoms with Crippen molar-refractivity contribution >= 4 is 44.1 Å². The van der Waals surface area contributed by atoms with Crippen molar-refractivity contribution in [3.63, 3.8) is 0 Å². The summed E-state index contributed by atoms with van der Waals surface area (Å²) in [7, 11) is -3.87. The van der Waals surface area contributed by atoms with E-state index >= 15 is 0 Å². The summed E-state index contributed by atoms with van der Waals surface area (Å²) in [6, 6.07) is 16.1. The van der Waals surface area contributed by atoms with Gasteiger partial charge in [-0.25, -0.2) is 4.39 Å². The molecule has 6 nitrogen and oxygen atoms in total. The zero-order valence-electron chi connectivity index (χ0n) is 19.8. The molecule has 1 heterocycles. The fourth-order valence-corrected chi connectivity index (χ4v) is 5.34. The molecule has 3 aromatic carbocycles. The molecule has 1 aliphatic rings. The SMILES string of the molecule is CS(=O)(=O)OC(CCN1CCC(C(=O)c2ccc3cc(Cl)ccc3c2)CC1)C(=O)c1ccc(F)cc1. The summed E-state index contributed by atoms with van der Waals surface area (Å²) in [6.07, 6.45) is 1.20. The van der Waals surface area contributed by atoms with Gasteiger partial charge in [0.25, 0.3) is 10.1 Å². The Labute approximate surface area is 215 Å². The summed E-state index contributed by atoms with van der Waals surface area (Å²) in [5, 5.41) is 2.60. The van der Waals surface area contributed by atoms with Crippen molar-refractivity contribution < 1.29 is 26.6 Å². The van der Waals surface area contributed by atoms with Crippen molar-refractivity contribution in [2.45, 2.75) is 25.4 Å². The Morgan fingerprint density at radius 1 is 1.00 bits per heavy atom. The first kappa shape index (κ1) is 26.4. The van der Waals surface area contributed by atoms with E-state index in [1.54, 1.807) is 6.07 Å². The monoisotopic (exact) mass is 531 g/mol. The molecule has 0 amide bonds. The molecule has 1 saturated heterocycles. The van der Waals surface area contributed by atoms with Gasteiger partial charge in [-0.2, -0.15) is 8.42 Å². The fraction of sp³-hybridized carbons (Fsp3) is 0.333. The average Bonchev–Trinajstić information content (AvgIpc) is 2.85. The van der Waals surface area contributed by atoms with E-state index in [0.717, 1.165) is 29.2 Å². The minimum Gasteiger partial charge on any atom is -0.303 e. The van der Waals surface area contributed by atoms with Gasteiger partial charge in [0.15, 0.2) is 11.6 Å². The number of halogens is 2. The molecule has 0 aromatic heterocycles. The van der Waals surface area contributed by atoms with Gasteiger partial charge in [0.05, 0.1) is 6.26 Å². The molecule has 9 heteroatoms. The van der Waals surface area contributed by atoms with Crippen LogP contribution in [0.5, 0.6) is 0 Å². The Balaban J connectivity index is 1.35. The number of hydrogen-bond acceptors (Lipinski definition) is 6. The highest BCUT2D eigenvalue weighted by molar-refractivity contribution is 7.86. The second-order valence-electron chi connectivity index (χ2n) is 9.14. The number of fused-ring (bicyclic) bond motifs is 1. The van der Waals surface area contributed by atoms with Crippen LogP contribution in [0.25, 0.3) is 10.8 Å². The number of benzene rings is 3. The Morgan fingerprint density at radius 3 is 2.28 bits per heavy atom. The van der Waals surface area contributed by atoms with E-state index in [0.29, 0.717) is 43.1 Å². The third-order valence-corrected chi connectivity index (χ3v) is 7.28. The number of hydrogen-bond donors (Lipinski definition) is 0. The second kappa shape index (κ2) is 11.2. The van der Waals surface area contributed by atoms with Crippen molar-refractivity contribution in [1.82, 2.24) is 4.90 Å². The molecule has 3 aromatic rings. The fourth-order valence-electron chi connectivity index (χ4n) is 4.56. The van der Waals surface area contributed by atoms with E-state index in [-0.39, 0.29) is 23.7 Å². The lowest BCUT2D eigenvalue weighted by Crippen LogP contribution is -2.39. The minimum atomic E-state index is -3.87. The number of carbonyl (C=O) groups excluding carboxylic acids is 2. The molecule has 190 valence electrons. The normalized spacial score (nSPS) is 16.2. The molecule has 0 spiro atoms. The summed E-state index contributed by atoms with van der Waals surface area (Å²) in [5.41, 5.74) is 0.863. The highest BCUT2D eigenvalue weighted by atomic mass is 35.5. The molecule has 0 N–H and O–H groups in total. The van der Waals surface area contributed by atoms with Crippen molar-refractivity contribution in [3.8, 4) is 0 Å². The van der Waals surface area contributed by atoms with Crippen LogP contribution in [-0.4, -0.2) is 56.9 Å². The molecule has 1 fully saturated rings. The third-order valence-electron chi connectivity index (χ3n) is 6.46. The van der Waals surface area contributed by atoms with Gasteiger partial charge in [0.1, 0.15) is 11.9 Å². The van der Waals surface area contributed by atoms with Crippen molar-refractivity contribution in [2.24, 2.45) is 5.92 Å². The lowest BCUT2D eigenvalue weighted by molar-refractivity contribution is 0.0736. The standard InChI is InChI=1S/C27H27ClFNO5S/c1-36(33,34)35-25(27(32)18-5-8-24(29)9-6-18)12-15-30-13-10-19(11-14-30)26(31)22-3-2-21-17-23(28)7-4-20(21)16-22/h2-9,16-17,19,25H,10-15H2,1H3. The average molecular weight is 532 g/mol. The molecule has 0 radical (unpaired) electrons. The summed E-state index contributed by atoms with van der Waals surface area (Å²) in [6.45, 7) is 1.73. The summed E-state index contributed by atoms with van der Waals surface area (Å²) >= 11 is 6.05. The van der Waals surface area contributed by atoms with Gasteiger partial charge in [-0.05, 0) is 85.6 Å². The predicted molar refractivity (Wildman–Crippen MR) is 138 cm³/mol. The lowest BCUT2D eigenvalue weighted by Gasteiger charge is -2.32. The van der Waals surface area contributed by atoms with E-state index in [1.165, 1.54) is 12.1 Å². The highest BCUT2D eigenvalue weighted by Crippen LogP contribution is 2.26. The van der Waals surface area contributed by atoms with Gasteiger partial charge >= 0.3 is 0 Å². The van der Waals surface area contributed by atoms with E-state index in [4.69, 9.17) is 15.8 Å². The van der Waals surface area contributed by atoms with Crippen LogP contribution in [0, 0.1) is 11.7 Å². The first-order chi connectivity index (χ1) is 17.1. The van der Waals surface area contributed by atoms with Crippen LogP contribution in [0.1, 0.15) is 40.0 Å². The second-order valence-corrected chi connectivity index (χ2v) is 11.2. The van der Waals surface area contributed by atoms with Crippen LogP contribution in [0.15, 0.2) is 60.7 Å². The number of rotatable bonds is 9. The highest BCUT2D eigenvalue weighted by Gasteiger charge is 2.29. The summed E-state index contributed by atoms with van der Waals surface area (Å²) in [5.74, 6) is -0.994. The Bertz CT molecular complexity index is 1370. The van der Waals surface area contributed by atoms with Gasteiger partial charge in [-0.15, -0.1) is 0 Å². The number of nitrogens with zero attached hydrogens (tertiary/aromatic N) is 1. The van der Waals surface area contributed by atoms with E-state index in [2.05, 4.69) is 4.90 Å². The predicted octanol–water partition coefficient (Wildman–Crippen LogP) is 5.14. The molecule has 0 aliphatic carbocycles. The van der Waals surface area contributed by atoms with Crippen LogP contribution >= 0.6 is 11.6 Å². The molecule has 1 aliphatic heterocycles. The number of carbonyl (C=O) groups is 2. The van der Waals surface area contributed by atoms with Gasteiger partial charge in [0, 0.05) is 28.6 Å². The molecular weight excluding hydrogens is 505 g/mol. The molecule has 0 saturated carbocycles. The van der Waals surface area contributed by atoms with Gasteiger partial charge < -0.3 is 4.90 Å². The van der Waals surface area contributed by atoms with Crippen LogP contribution in [-0.2, 0) is 14.3 Å². The zero-order valence-corrected chi connectivity index (χ0v) is 21.4. The summed E-state index contributed by atoms with van der Waals surface area (Å²) < 4.78 is 41.8. The third kappa shape index (κ3) is 6.76. The molecular formula is C27H27ClFNO5S. The quantitative estimate of drug-likeness (QED) is 0.281. The minimum absolute atomic E-state index is 0.102. The van der Waals surface area contributed by atoms with Gasteiger partial charge in [-0.3, -0.25) is 13.8 Å². The number of Topliss-reactive ketones (excluding diaryl/α,β-unsaturated/α-hetero) is 2. The topological polar surface area (TPSA) is 80.8 Å². The van der Waals surface area contributed by atoms with Gasteiger partial charge in [-0.1, -0.05) is 29.8 Å². The maximum atomic E-state index is 13.2. The van der Waals surface area contributed by atoms with Gasteiger partial charge in [0.2, 0.25) is 0 Å². The molecule has 0 bridgehead atoms. The zero-order chi connectivity index (χ0) is 25.9. The van der Waals surface area contributed by atoms with E-state index < -0.39 is 27.8 Å². The largest absolute Gasteiger partial charge is 0.303 e. The Morgan fingerprint density at radius 2 is 1.61 bits per heavy atom. The first-order valence-corrected chi connectivity index (χ1v) is 13.9. The van der Waals surface area contributed by atoms with Crippen molar-refractivity contribution in [1.29, 1.82) is 0 Å². The smallest absolute Gasteiger partial charge is 0.265 e. The van der Waals surface area contributed by atoms with Crippen LogP contribution < -0.4 is 0 Å². The molecule has 36 heavy (non-hydrogen) atoms. The molecule has 4 rings (SSSR count). The maximum absolute atomic E-state index is 13.2. The van der Waals surface area contributed by atoms with E-state index in [1.807, 2.05) is 30.3 Å². The molecule has 1 unspecified atom stereocenters. The van der Waals surface area contributed by atoms with Crippen molar-refractivity contribution in [2.75, 3.05) is 25.9 Å². The molecule has 1 atom stereocenters.